The van der Waals surface area contributed by atoms with Crippen LogP contribution >= 0.6 is 15.9 Å². The molecule has 0 heterocycles. The van der Waals surface area contributed by atoms with Gasteiger partial charge in [0.15, 0.2) is 0 Å². The van der Waals surface area contributed by atoms with Crippen LogP contribution in [0.3, 0.4) is 0 Å². The predicted octanol–water partition coefficient (Wildman–Crippen LogP) is 2.24. The van der Waals surface area contributed by atoms with Gasteiger partial charge < -0.3 is 10.2 Å². The molecule has 0 aliphatic carbocycles. The zero-order valence-electron chi connectivity index (χ0n) is 7.38. The molecular weight excluding hydrogens is 274 g/mol. The Kier molecular flexibility index (Phi) is 3.76. The summed E-state index contributed by atoms with van der Waals surface area (Å²) in [5, 5.41) is 17.7. The van der Waals surface area contributed by atoms with Gasteiger partial charge in [0.1, 0.15) is 11.6 Å². The first-order valence-corrected chi connectivity index (χ1v) is 4.76. The van der Waals surface area contributed by atoms with Crippen LogP contribution in [0.2, 0.25) is 0 Å². The lowest BCUT2D eigenvalue weighted by Crippen LogP contribution is -2.08. The standard InChI is InChI=1S/C9H7BrF2O3/c10-8-5(11)2-1-4(9(8)12)6(13)3-7(14)15/h1-2,6,13H,3H2,(H,14,15). The Labute approximate surface area is 92.5 Å². The van der Waals surface area contributed by atoms with Crippen LogP contribution in [0.1, 0.15) is 18.1 Å². The maximum Gasteiger partial charge on any atom is 0.306 e. The van der Waals surface area contributed by atoms with E-state index < -0.39 is 34.6 Å². The molecule has 1 aromatic carbocycles. The number of aliphatic hydroxyl groups excluding tert-OH is 1. The van der Waals surface area contributed by atoms with E-state index >= 15 is 0 Å². The summed E-state index contributed by atoms with van der Waals surface area (Å²) in [5.41, 5.74) is -0.245. The quantitative estimate of drug-likeness (QED) is 0.835. The van der Waals surface area contributed by atoms with E-state index in [-0.39, 0.29) is 5.56 Å². The molecule has 0 saturated carbocycles. The van der Waals surface area contributed by atoms with E-state index in [1.165, 1.54) is 0 Å². The van der Waals surface area contributed by atoms with E-state index in [0.717, 1.165) is 12.1 Å². The highest BCUT2D eigenvalue weighted by molar-refractivity contribution is 9.10. The van der Waals surface area contributed by atoms with Gasteiger partial charge in [0.2, 0.25) is 0 Å². The van der Waals surface area contributed by atoms with Crippen LogP contribution in [0, 0.1) is 11.6 Å². The number of aliphatic carboxylic acids is 1. The molecule has 0 fully saturated rings. The monoisotopic (exact) mass is 280 g/mol. The molecule has 0 amide bonds. The molecule has 1 aromatic rings. The smallest absolute Gasteiger partial charge is 0.306 e. The first kappa shape index (κ1) is 12.1. The summed E-state index contributed by atoms with van der Waals surface area (Å²) < 4.78 is 25.7. The number of rotatable bonds is 3. The van der Waals surface area contributed by atoms with Gasteiger partial charge in [-0.3, -0.25) is 4.79 Å². The van der Waals surface area contributed by atoms with Gasteiger partial charge in [0.25, 0.3) is 0 Å². The van der Waals surface area contributed by atoms with Crippen molar-refractivity contribution in [1.82, 2.24) is 0 Å². The van der Waals surface area contributed by atoms with Gasteiger partial charge in [-0.15, -0.1) is 0 Å². The Hall–Kier alpha value is -1.01. The topological polar surface area (TPSA) is 57.5 Å². The Balaban J connectivity index is 3.05. The maximum absolute atomic E-state index is 13.3. The predicted molar refractivity (Wildman–Crippen MR) is 51.3 cm³/mol. The molecule has 0 bridgehead atoms. The Morgan fingerprint density at radius 1 is 1.47 bits per heavy atom. The molecule has 82 valence electrons. The van der Waals surface area contributed by atoms with Crippen molar-refractivity contribution in [2.45, 2.75) is 12.5 Å². The molecular formula is C9H7BrF2O3. The Bertz CT molecular complexity index is 395. The number of hydrogen-bond donors (Lipinski definition) is 2. The number of aliphatic hydroxyl groups is 1. The van der Waals surface area contributed by atoms with Crippen molar-refractivity contribution in [1.29, 1.82) is 0 Å². The van der Waals surface area contributed by atoms with Gasteiger partial charge in [0.05, 0.1) is 17.0 Å². The Morgan fingerprint density at radius 2 is 2.07 bits per heavy atom. The third-order valence-electron chi connectivity index (χ3n) is 1.79. The van der Waals surface area contributed by atoms with E-state index in [0.29, 0.717) is 0 Å². The number of hydrogen-bond acceptors (Lipinski definition) is 2. The van der Waals surface area contributed by atoms with Crippen molar-refractivity contribution >= 4 is 21.9 Å². The normalized spacial score (nSPS) is 12.5. The summed E-state index contributed by atoms with van der Waals surface area (Å²) >= 11 is 2.66. The first-order valence-electron chi connectivity index (χ1n) is 3.96. The molecule has 2 N–H and O–H groups in total. The Morgan fingerprint density at radius 3 is 2.60 bits per heavy atom. The molecule has 6 heteroatoms. The van der Waals surface area contributed by atoms with Gasteiger partial charge in [-0.1, -0.05) is 6.07 Å². The van der Waals surface area contributed by atoms with E-state index in [4.69, 9.17) is 5.11 Å². The molecule has 0 aliphatic heterocycles. The lowest BCUT2D eigenvalue weighted by Gasteiger charge is -2.10. The number of carboxylic acids is 1. The fraction of sp³-hybridized carbons (Fsp3) is 0.222. The molecule has 1 atom stereocenters. The van der Waals surface area contributed by atoms with Gasteiger partial charge in [-0.2, -0.15) is 0 Å². The van der Waals surface area contributed by atoms with Crippen molar-refractivity contribution in [3.8, 4) is 0 Å². The van der Waals surface area contributed by atoms with Gasteiger partial charge >= 0.3 is 5.97 Å². The van der Waals surface area contributed by atoms with Crippen LogP contribution in [0.15, 0.2) is 16.6 Å². The second kappa shape index (κ2) is 4.67. The van der Waals surface area contributed by atoms with E-state index in [1.807, 2.05) is 0 Å². The molecule has 0 spiro atoms. The summed E-state index contributed by atoms with van der Waals surface area (Å²) in [6, 6.07) is 1.97. The van der Waals surface area contributed by atoms with E-state index in [2.05, 4.69) is 15.9 Å². The van der Waals surface area contributed by atoms with Crippen LogP contribution in [-0.2, 0) is 4.79 Å². The molecule has 1 unspecified atom stereocenters. The fourth-order valence-corrected chi connectivity index (χ4v) is 1.43. The molecule has 0 aliphatic rings. The lowest BCUT2D eigenvalue weighted by atomic mass is 10.1. The maximum atomic E-state index is 13.3. The highest BCUT2D eigenvalue weighted by Gasteiger charge is 2.19. The number of benzene rings is 1. The lowest BCUT2D eigenvalue weighted by molar-refractivity contribution is -0.139. The third-order valence-corrected chi connectivity index (χ3v) is 2.52. The number of carbonyl (C=O) groups is 1. The van der Waals surface area contributed by atoms with Gasteiger partial charge in [-0.05, 0) is 22.0 Å². The first-order chi connectivity index (χ1) is 6.93. The summed E-state index contributed by atoms with van der Waals surface area (Å²) in [5.74, 6) is -3.05. The van der Waals surface area contributed by atoms with Crippen molar-refractivity contribution < 1.29 is 23.8 Å². The van der Waals surface area contributed by atoms with Crippen molar-refractivity contribution in [3.05, 3.63) is 33.8 Å². The fourth-order valence-electron chi connectivity index (χ4n) is 1.07. The SMILES string of the molecule is O=C(O)CC(O)c1ccc(F)c(Br)c1F. The molecule has 0 saturated heterocycles. The molecule has 15 heavy (non-hydrogen) atoms. The average molecular weight is 281 g/mol. The second-order valence-corrected chi connectivity index (χ2v) is 3.67. The van der Waals surface area contributed by atoms with E-state index in [9.17, 15) is 18.7 Å². The van der Waals surface area contributed by atoms with Crippen LogP contribution in [0.4, 0.5) is 8.78 Å². The minimum Gasteiger partial charge on any atom is -0.481 e. The highest BCUT2D eigenvalue weighted by atomic mass is 79.9. The number of carboxylic acid groups (broad SMARTS) is 1. The van der Waals surface area contributed by atoms with E-state index in [1.54, 1.807) is 0 Å². The van der Waals surface area contributed by atoms with Gasteiger partial charge in [0, 0.05) is 5.56 Å². The van der Waals surface area contributed by atoms with Crippen LogP contribution in [0.5, 0.6) is 0 Å². The summed E-state index contributed by atoms with van der Waals surface area (Å²) in [4.78, 5) is 10.3. The summed E-state index contributed by atoms with van der Waals surface area (Å²) in [7, 11) is 0. The minimum atomic E-state index is -1.49. The number of halogens is 3. The summed E-state index contributed by atoms with van der Waals surface area (Å²) in [6.45, 7) is 0. The molecule has 0 aromatic heterocycles. The van der Waals surface area contributed by atoms with Crippen LogP contribution in [0.25, 0.3) is 0 Å². The highest BCUT2D eigenvalue weighted by Crippen LogP contribution is 2.27. The largest absolute Gasteiger partial charge is 0.481 e. The van der Waals surface area contributed by atoms with Crippen molar-refractivity contribution in [2.24, 2.45) is 0 Å². The molecule has 3 nitrogen and oxygen atoms in total. The van der Waals surface area contributed by atoms with Crippen LogP contribution < -0.4 is 0 Å². The van der Waals surface area contributed by atoms with Crippen molar-refractivity contribution in [3.63, 3.8) is 0 Å². The molecule has 1 rings (SSSR count). The summed E-state index contributed by atoms with van der Waals surface area (Å²) in [6.07, 6.45) is -2.12. The average Bonchev–Trinajstić information content (AvgIpc) is 2.13. The second-order valence-electron chi connectivity index (χ2n) is 2.88. The molecule has 0 radical (unpaired) electrons. The van der Waals surface area contributed by atoms with Crippen molar-refractivity contribution in [2.75, 3.05) is 0 Å². The zero-order valence-corrected chi connectivity index (χ0v) is 8.96. The minimum absolute atomic E-state index is 0.245. The van der Waals surface area contributed by atoms with Crippen LogP contribution in [-0.4, -0.2) is 16.2 Å². The third kappa shape index (κ3) is 2.73. The van der Waals surface area contributed by atoms with Gasteiger partial charge in [-0.25, -0.2) is 8.78 Å². The zero-order chi connectivity index (χ0) is 11.6.